The molecule has 28 heavy (non-hydrogen) atoms. The number of hydrogen-bond acceptors (Lipinski definition) is 5. The van der Waals surface area contributed by atoms with E-state index in [1.165, 1.54) is 40.8 Å². The van der Waals surface area contributed by atoms with Gasteiger partial charge in [-0.2, -0.15) is 5.10 Å². The lowest BCUT2D eigenvalue weighted by atomic mass is 10.2. The molecular formula is C19H13ClFN5OS. The van der Waals surface area contributed by atoms with Crippen LogP contribution in [0.1, 0.15) is 5.69 Å². The molecule has 0 aliphatic heterocycles. The molecule has 0 saturated carbocycles. The first-order valence-electron chi connectivity index (χ1n) is 8.23. The lowest BCUT2D eigenvalue weighted by Gasteiger charge is -2.11. The summed E-state index contributed by atoms with van der Waals surface area (Å²) in [5, 5.41) is 9.86. The Hall–Kier alpha value is -3.10. The fraction of sp³-hybridized carbons (Fsp3) is 0.0526. The molecule has 2 aromatic carbocycles. The SMILES string of the molecule is O=C(Cc1csc(-c2cccc(F)c2)n1)Nc1cc(Cl)ccc1-n1cncn1. The summed E-state index contributed by atoms with van der Waals surface area (Å²) in [5.41, 5.74) is 2.45. The van der Waals surface area contributed by atoms with E-state index in [9.17, 15) is 9.18 Å². The molecule has 2 heterocycles. The van der Waals surface area contributed by atoms with E-state index in [-0.39, 0.29) is 18.1 Å². The molecule has 4 rings (SSSR count). The molecule has 9 heteroatoms. The highest BCUT2D eigenvalue weighted by atomic mass is 35.5. The summed E-state index contributed by atoms with van der Waals surface area (Å²) in [6, 6.07) is 11.3. The van der Waals surface area contributed by atoms with E-state index in [0.29, 0.717) is 32.7 Å². The molecular weight excluding hydrogens is 401 g/mol. The Balaban J connectivity index is 1.51. The summed E-state index contributed by atoms with van der Waals surface area (Å²) in [5.74, 6) is -0.576. The van der Waals surface area contributed by atoms with Gasteiger partial charge < -0.3 is 5.32 Å². The zero-order chi connectivity index (χ0) is 19.5. The van der Waals surface area contributed by atoms with Crippen molar-refractivity contribution in [3.8, 4) is 16.3 Å². The van der Waals surface area contributed by atoms with Crippen LogP contribution in [0.25, 0.3) is 16.3 Å². The van der Waals surface area contributed by atoms with Crippen molar-refractivity contribution in [1.29, 1.82) is 0 Å². The maximum absolute atomic E-state index is 13.4. The van der Waals surface area contributed by atoms with Crippen LogP contribution in [0.4, 0.5) is 10.1 Å². The number of benzene rings is 2. The molecule has 2 aromatic heterocycles. The highest BCUT2D eigenvalue weighted by molar-refractivity contribution is 7.13. The van der Waals surface area contributed by atoms with Crippen molar-refractivity contribution in [1.82, 2.24) is 19.7 Å². The van der Waals surface area contributed by atoms with E-state index in [4.69, 9.17) is 11.6 Å². The second-order valence-electron chi connectivity index (χ2n) is 5.88. The fourth-order valence-electron chi connectivity index (χ4n) is 2.64. The van der Waals surface area contributed by atoms with Gasteiger partial charge in [0.15, 0.2) is 0 Å². The van der Waals surface area contributed by atoms with Gasteiger partial charge in [0.2, 0.25) is 5.91 Å². The number of nitrogens with one attached hydrogen (secondary N) is 1. The first-order chi connectivity index (χ1) is 13.6. The van der Waals surface area contributed by atoms with Gasteiger partial charge in [0.25, 0.3) is 0 Å². The van der Waals surface area contributed by atoms with Gasteiger partial charge in [-0.05, 0) is 30.3 Å². The van der Waals surface area contributed by atoms with Gasteiger partial charge in [0, 0.05) is 16.0 Å². The molecule has 0 bridgehead atoms. The third-order valence-electron chi connectivity index (χ3n) is 3.86. The van der Waals surface area contributed by atoms with Crippen molar-refractivity contribution in [2.75, 3.05) is 5.32 Å². The minimum absolute atomic E-state index is 0.0785. The molecule has 0 atom stereocenters. The zero-order valence-corrected chi connectivity index (χ0v) is 15.9. The fourth-order valence-corrected chi connectivity index (χ4v) is 3.63. The number of rotatable bonds is 5. The summed E-state index contributed by atoms with van der Waals surface area (Å²) in [7, 11) is 0. The van der Waals surface area contributed by atoms with Gasteiger partial charge in [-0.3, -0.25) is 4.79 Å². The summed E-state index contributed by atoms with van der Waals surface area (Å²) >= 11 is 7.43. The maximum Gasteiger partial charge on any atom is 0.230 e. The largest absolute Gasteiger partial charge is 0.324 e. The summed E-state index contributed by atoms with van der Waals surface area (Å²) in [6.07, 6.45) is 3.02. The number of thiazole rings is 1. The third-order valence-corrected chi connectivity index (χ3v) is 5.04. The molecule has 1 amide bonds. The van der Waals surface area contributed by atoms with Crippen molar-refractivity contribution >= 4 is 34.5 Å². The van der Waals surface area contributed by atoms with Crippen LogP contribution in [-0.2, 0) is 11.2 Å². The molecule has 0 saturated heterocycles. The molecule has 6 nitrogen and oxygen atoms in total. The molecule has 0 unspecified atom stereocenters. The maximum atomic E-state index is 13.4. The van der Waals surface area contributed by atoms with Crippen molar-refractivity contribution < 1.29 is 9.18 Å². The standard InChI is InChI=1S/C19H13ClFN5OS/c20-13-4-5-17(26-11-22-10-23-26)16(7-13)25-18(27)8-15-9-28-19(24-15)12-2-1-3-14(21)6-12/h1-7,9-11H,8H2,(H,25,27). The minimum Gasteiger partial charge on any atom is -0.324 e. The van der Waals surface area contributed by atoms with Crippen LogP contribution in [-0.4, -0.2) is 25.7 Å². The van der Waals surface area contributed by atoms with E-state index >= 15 is 0 Å². The van der Waals surface area contributed by atoms with Gasteiger partial charge in [-0.1, -0.05) is 23.7 Å². The third kappa shape index (κ3) is 4.08. The smallest absolute Gasteiger partial charge is 0.230 e. The minimum atomic E-state index is -0.325. The molecule has 0 aliphatic rings. The number of halogens is 2. The predicted molar refractivity (Wildman–Crippen MR) is 106 cm³/mol. The number of anilines is 1. The topological polar surface area (TPSA) is 72.7 Å². The van der Waals surface area contributed by atoms with Crippen LogP contribution in [0, 0.1) is 5.82 Å². The molecule has 140 valence electrons. The Morgan fingerprint density at radius 2 is 2.14 bits per heavy atom. The molecule has 0 aliphatic carbocycles. The first-order valence-corrected chi connectivity index (χ1v) is 9.49. The number of hydrogen-bond donors (Lipinski definition) is 1. The molecule has 1 N–H and O–H groups in total. The van der Waals surface area contributed by atoms with Crippen molar-refractivity contribution in [3.63, 3.8) is 0 Å². The number of aromatic nitrogens is 4. The Labute approximate surface area is 168 Å². The summed E-state index contributed by atoms with van der Waals surface area (Å²) in [6.45, 7) is 0. The normalized spacial score (nSPS) is 10.8. The van der Waals surface area contributed by atoms with Crippen LogP contribution < -0.4 is 5.32 Å². The second-order valence-corrected chi connectivity index (χ2v) is 7.18. The van der Waals surface area contributed by atoms with Gasteiger partial charge >= 0.3 is 0 Å². The van der Waals surface area contributed by atoms with Gasteiger partial charge in [0.1, 0.15) is 23.5 Å². The Morgan fingerprint density at radius 3 is 2.93 bits per heavy atom. The Kier molecular flexibility index (Phi) is 5.14. The lowest BCUT2D eigenvalue weighted by Crippen LogP contribution is -2.16. The molecule has 0 radical (unpaired) electrons. The van der Waals surface area contributed by atoms with E-state index in [1.54, 1.807) is 35.7 Å². The molecule has 0 fully saturated rings. The Morgan fingerprint density at radius 1 is 1.25 bits per heavy atom. The monoisotopic (exact) mass is 413 g/mol. The van der Waals surface area contributed by atoms with Gasteiger partial charge in [-0.15, -0.1) is 11.3 Å². The number of carbonyl (C=O) groups excluding carboxylic acids is 1. The highest BCUT2D eigenvalue weighted by Crippen LogP contribution is 2.26. The zero-order valence-electron chi connectivity index (χ0n) is 14.3. The summed E-state index contributed by atoms with van der Waals surface area (Å²) < 4.78 is 14.9. The summed E-state index contributed by atoms with van der Waals surface area (Å²) in [4.78, 5) is 20.9. The van der Waals surface area contributed by atoms with Crippen LogP contribution in [0.5, 0.6) is 0 Å². The quantitative estimate of drug-likeness (QED) is 0.527. The van der Waals surface area contributed by atoms with E-state index in [2.05, 4.69) is 20.4 Å². The van der Waals surface area contributed by atoms with E-state index in [1.807, 2.05) is 0 Å². The van der Waals surface area contributed by atoms with Crippen molar-refractivity contribution in [3.05, 3.63) is 77.0 Å². The van der Waals surface area contributed by atoms with Crippen molar-refractivity contribution in [2.45, 2.75) is 6.42 Å². The van der Waals surface area contributed by atoms with Crippen LogP contribution >= 0.6 is 22.9 Å². The van der Waals surface area contributed by atoms with Gasteiger partial charge in [-0.25, -0.2) is 19.0 Å². The number of nitrogens with zero attached hydrogens (tertiary/aromatic N) is 4. The van der Waals surface area contributed by atoms with E-state index < -0.39 is 0 Å². The second kappa shape index (κ2) is 7.87. The first kappa shape index (κ1) is 18.3. The predicted octanol–water partition coefficient (Wildman–Crippen LogP) is 4.36. The van der Waals surface area contributed by atoms with Crippen LogP contribution in [0.2, 0.25) is 5.02 Å². The average Bonchev–Trinajstić information content (AvgIpc) is 3.34. The number of carbonyl (C=O) groups is 1. The highest BCUT2D eigenvalue weighted by Gasteiger charge is 2.13. The van der Waals surface area contributed by atoms with E-state index in [0.717, 1.165) is 0 Å². The van der Waals surface area contributed by atoms with Crippen LogP contribution in [0.3, 0.4) is 0 Å². The lowest BCUT2D eigenvalue weighted by molar-refractivity contribution is -0.115. The van der Waals surface area contributed by atoms with Crippen molar-refractivity contribution in [2.24, 2.45) is 0 Å². The van der Waals surface area contributed by atoms with Crippen LogP contribution in [0.15, 0.2) is 60.5 Å². The molecule has 4 aromatic rings. The Bertz CT molecular complexity index is 1130. The average molecular weight is 414 g/mol. The van der Waals surface area contributed by atoms with Gasteiger partial charge in [0.05, 0.1) is 23.5 Å². The number of amides is 1. The molecule has 0 spiro atoms.